The van der Waals surface area contributed by atoms with E-state index in [0.29, 0.717) is 6.42 Å². The maximum Gasteiger partial charge on any atom is 0.408 e. The SMILES string of the molecule is C[C@H]1CCCC[C@@H]1OC(=O)N[C@](C)(Cc1c[nH]c2ccccc12)C(=O)N[C@H](CC(=O)O)Cc1ccccc1. The number of benzene rings is 2. The van der Waals surface area contributed by atoms with Crippen molar-refractivity contribution >= 4 is 28.9 Å². The van der Waals surface area contributed by atoms with Gasteiger partial charge in [-0.2, -0.15) is 0 Å². The van der Waals surface area contributed by atoms with Gasteiger partial charge in [0.2, 0.25) is 5.91 Å². The molecule has 38 heavy (non-hydrogen) atoms. The van der Waals surface area contributed by atoms with E-state index in [1.54, 1.807) is 6.92 Å². The number of carbonyl (C=O) groups excluding carboxylic acids is 2. The van der Waals surface area contributed by atoms with Crippen molar-refractivity contribution in [2.75, 3.05) is 0 Å². The molecule has 0 saturated heterocycles. The number of nitrogens with one attached hydrogen (secondary N) is 3. The van der Waals surface area contributed by atoms with Crippen molar-refractivity contribution in [3.05, 3.63) is 71.9 Å². The van der Waals surface area contributed by atoms with E-state index in [1.165, 1.54) is 0 Å². The van der Waals surface area contributed by atoms with Crippen LogP contribution in [0.4, 0.5) is 4.79 Å². The number of carbonyl (C=O) groups is 3. The highest BCUT2D eigenvalue weighted by atomic mass is 16.6. The van der Waals surface area contributed by atoms with Gasteiger partial charge < -0.3 is 25.5 Å². The monoisotopic (exact) mass is 519 g/mol. The second-order valence-corrected chi connectivity index (χ2v) is 10.7. The molecule has 8 heteroatoms. The number of para-hydroxylation sites is 1. The molecular weight excluding hydrogens is 482 g/mol. The number of hydrogen-bond acceptors (Lipinski definition) is 4. The highest BCUT2D eigenvalue weighted by Crippen LogP contribution is 2.27. The summed E-state index contributed by atoms with van der Waals surface area (Å²) in [6, 6.07) is 16.5. The van der Waals surface area contributed by atoms with Crippen LogP contribution >= 0.6 is 0 Å². The Bertz CT molecular complexity index is 1260. The Kier molecular flexibility index (Phi) is 8.71. The predicted molar refractivity (Wildman–Crippen MR) is 146 cm³/mol. The lowest BCUT2D eigenvalue weighted by Crippen LogP contribution is -2.60. The van der Waals surface area contributed by atoms with Crippen molar-refractivity contribution in [3.8, 4) is 0 Å². The van der Waals surface area contributed by atoms with Crippen LogP contribution in [0.3, 0.4) is 0 Å². The molecule has 1 fully saturated rings. The first-order chi connectivity index (χ1) is 18.2. The number of fused-ring (bicyclic) bond motifs is 1. The normalized spacial score (nSPS) is 19.7. The van der Waals surface area contributed by atoms with Crippen molar-refractivity contribution < 1.29 is 24.2 Å². The molecule has 1 aliphatic rings. The average Bonchev–Trinajstić information content (AvgIpc) is 3.28. The summed E-state index contributed by atoms with van der Waals surface area (Å²) in [6.07, 6.45) is 5.25. The molecule has 202 valence electrons. The molecule has 0 unspecified atom stereocenters. The number of carboxylic acids is 1. The highest BCUT2D eigenvalue weighted by Gasteiger charge is 2.39. The van der Waals surface area contributed by atoms with Gasteiger partial charge in [0.25, 0.3) is 0 Å². The number of aromatic amines is 1. The summed E-state index contributed by atoms with van der Waals surface area (Å²) in [4.78, 5) is 41.8. The van der Waals surface area contributed by atoms with E-state index in [1.807, 2.05) is 60.8 Å². The maximum absolute atomic E-state index is 13.8. The van der Waals surface area contributed by atoms with E-state index in [9.17, 15) is 19.5 Å². The van der Waals surface area contributed by atoms with Crippen molar-refractivity contribution in [1.82, 2.24) is 15.6 Å². The smallest absolute Gasteiger partial charge is 0.408 e. The Morgan fingerprint density at radius 1 is 1.08 bits per heavy atom. The van der Waals surface area contributed by atoms with E-state index >= 15 is 0 Å². The summed E-state index contributed by atoms with van der Waals surface area (Å²) in [5, 5.41) is 16.2. The van der Waals surface area contributed by atoms with E-state index in [-0.39, 0.29) is 24.9 Å². The molecule has 4 N–H and O–H groups in total. The van der Waals surface area contributed by atoms with E-state index in [2.05, 4.69) is 22.5 Å². The molecule has 0 aliphatic heterocycles. The number of carboxylic acid groups (broad SMARTS) is 1. The molecule has 1 heterocycles. The lowest BCUT2D eigenvalue weighted by molar-refractivity contribution is -0.138. The maximum atomic E-state index is 13.8. The van der Waals surface area contributed by atoms with Gasteiger partial charge in [-0.05, 0) is 55.7 Å². The Morgan fingerprint density at radius 2 is 1.79 bits per heavy atom. The number of amides is 2. The average molecular weight is 520 g/mol. The topological polar surface area (TPSA) is 121 Å². The molecule has 0 radical (unpaired) electrons. The molecule has 8 nitrogen and oxygen atoms in total. The van der Waals surface area contributed by atoms with Gasteiger partial charge >= 0.3 is 12.1 Å². The van der Waals surface area contributed by atoms with E-state index in [4.69, 9.17) is 4.74 Å². The minimum absolute atomic E-state index is 0.193. The molecule has 0 spiro atoms. The van der Waals surface area contributed by atoms with Crippen LogP contribution in [0, 0.1) is 5.92 Å². The number of H-pyrrole nitrogens is 1. The van der Waals surface area contributed by atoms with Crippen molar-refractivity contribution in [2.45, 2.75) is 76.5 Å². The van der Waals surface area contributed by atoms with Crippen LogP contribution in [0.5, 0.6) is 0 Å². The number of ether oxygens (including phenoxy) is 1. The first kappa shape index (κ1) is 27.2. The van der Waals surface area contributed by atoms with Gasteiger partial charge in [0, 0.05) is 29.6 Å². The zero-order valence-electron chi connectivity index (χ0n) is 22.0. The van der Waals surface area contributed by atoms with Gasteiger partial charge in [-0.25, -0.2) is 4.79 Å². The summed E-state index contributed by atoms with van der Waals surface area (Å²) < 4.78 is 5.79. The Labute approximate surface area is 223 Å². The van der Waals surface area contributed by atoms with Crippen LogP contribution < -0.4 is 10.6 Å². The minimum Gasteiger partial charge on any atom is -0.481 e. The molecule has 2 amide bonds. The molecular formula is C30H37N3O5. The second-order valence-electron chi connectivity index (χ2n) is 10.7. The molecule has 4 rings (SSSR count). The lowest BCUT2D eigenvalue weighted by atomic mass is 9.88. The third-order valence-corrected chi connectivity index (χ3v) is 7.47. The van der Waals surface area contributed by atoms with Crippen LogP contribution in [0.15, 0.2) is 60.8 Å². The van der Waals surface area contributed by atoms with Crippen LogP contribution in [-0.4, -0.2) is 45.7 Å². The van der Waals surface area contributed by atoms with Gasteiger partial charge in [0.1, 0.15) is 11.6 Å². The Hall–Kier alpha value is -3.81. The fraction of sp³-hybridized carbons (Fsp3) is 0.433. The first-order valence-electron chi connectivity index (χ1n) is 13.3. The standard InChI is InChI=1S/C30H37N3O5/c1-20-10-6-9-15-26(20)38-29(37)33-30(2,18-22-19-31-25-14-8-7-13-24(22)25)28(36)32-23(17-27(34)35)16-21-11-4-3-5-12-21/h3-5,7-8,11-14,19-20,23,26,31H,6,9-10,15-18H2,1-2H3,(H,32,36)(H,33,37)(H,34,35)/t20-,23-,26-,30+/m0/s1. The predicted octanol–water partition coefficient (Wildman–Crippen LogP) is 4.98. The Balaban J connectivity index is 1.57. The molecule has 4 atom stereocenters. The summed E-state index contributed by atoms with van der Waals surface area (Å²) in [5.74, 6) is -1.21. The second kappa shape index (κ2) is 12.2. The highest BCUT2D eigenvalue weighted by molar-refractivity contribution is 5.92. The van der Waals surface area contributed by atoms with Crippen molar-refractivity contribution in [3.63, 3.8) is 0 Å². The fourth-order valence-electron chi connectivity index (χ4n) is 5.32. The van der Waals surface area contributed by atoms with Gasteiger partial charge in [-0.15, -0.1) is 0 Å². The molecule has 1 aromatic heterocycles. The van der Waals surface area contributed by atoms with Crippen LogP contribution in [0.25, 0.3) is 10.9 Å². The first-order valence-corrected chi connectivity index (χ1v) is 13.3. The van der Waals surface area contributed by atoms with Gasteiger partial charge in [0.05, 0.1) is 6.42 Å². The molecule has 1 saturated carbocycles. The van der Waals surface area contributed by atoms with E-state index in [0.717, 1.165) is 47.7 Å². The third kappa shape index (κ3) is 6.94. The summed E-state index contributed by atoms with van der Waals surface area (Å²) in [6.45, 7) is 3.74. The largest absolute Gasteiger partial charge is 0.481 e. The number of hydrogen-bond donors (Lipinski definition) is 4. The van der Waals surface area contributed by atoms with Crippen molar-refractivity contribution in [1.29, 1.82) is 0 Å². The number of alkyl carbamates (subject to hydrolysis) is 1. The molecule has 0 bridgehead atoms. The fourth-order valence-corrected chi connectivity index (χ4v) is 5.32. The number of rotatable bonds is 10. The van der Waals surface area contributed by atoms with Crippen molar-refractivity contribution in [2.24, 2.45) is 5.92 Å². The zero-order valence-corrected chi connectivity index (χ0v) is 22.0. The number of aromatic nitrogens is 1. The van der Waals surface area contributed by atoms with Gasteiger partial charge in [-0.3, -0.25) is 9.59 Å². The minimum atomic E-state index is -1.38. The van der Waals surface area contributed by atoms with Crippen LogP contribution in [-0.2, 0) is 27.2 Å². The van der Waals surface area contributed by atoms with Gasteiger partial charge in [-0.1, -0.05) is 61.9 Å². The molecule has 1 aliphatic carbocycles. The summed E-state index contributed by atoms with van der Waals surface area (Å²) >= 11 is 0. The molecule has 2 aromatic carbocycles. The van der Waals surface area contributed by atoms with Crippen LogP contribution in [0.2, 0.25) is 0 Å². The summed E-state index contributed by atoms with van der Waals surface area (Å²) in [7, 11) is 0. The summed E-state index contributed by atoms with van der Waals surface area (Å²) in [5.41, 5.74) is 1.32. The van der Waals surface area contributed by atoms with Crippen LogP contribution in [0.1, 0.15) is 57.1 Å². The van der Waals surface area contributed by atoms with E-state index < -0.39 is 29.6 Å². The lowest BCUT2D eigenvalue weighted by Gasteiger charge is -2.33. The Morgan fingerprint density at radius 3 is 2.53 bits per heavy atom. The number of aliphatic carboxylic acids is 1. The zero-order chi connectivity index (χ0) is 27.1. The van der Waals surface area contributed by atoms with Gasteiger partial charge in [0.15, 0.2) is 0 Å². The quantitative estimate of drug-likeness (QED) is 0.301. The third-order valence-electron chi connectivity index (χ3n) is 7.47. The molecule has 3 aromatic rings.